The summed E-state index contributed by atoms with van der Waals surface area (Å²) in [7, 11) is 0. The van der Waals surface area contributed by atoms with Crippen molar-refractivity contribution in [2.24, 2.45) is 11.1 Å². The third-order valence-electron chi connectivity index (χ3n) is 4.23. The van der Waals surface area contributed by atoms with E-state index in [0.717, 1.165) is 25.1 Å². The summed E-state index contributed by atoms with van der Waals surface area (Å²) in [5.41, 5.74) is 6.39. The zero-order valence-corrected chi connectivity index (χ0v) is 12.6. The zero-order chi connectivity index (χ0) is 14.3. The van der Waals surface area contributed by atoms with E-state index in [2.05, 4.69) is 30.9 Å². The number of hydrogen-bond acceptors (Lipinski definition) is 5. The molecule has 5 nitrogen and oxygen atoms in total. The van der Waals surface area contributed by atoms with E-state index in [4.69, 9.17) is 15.0 Å². The smallest absolute Gasteiger partial charge is 0.228 e. The Morgan fingerprint density at radius 3 is 2.75 bits per heavy atom. The van der Waals surface area contributed by atoms with Gasteiger partial charge in [0.15, 0.2) is 5.82 Å². The Hall–Kier alpha value is -0.940. The predicted molar refractivity (Wildman–Crippen MR) is 75.3 cm³/mol. The fourth-order valence-corrected chi connectivity index (χ4v) is 3.49. The molecule has 2 saturated heterocycles. The molecule has 0 aliphatic carbocycles. The molecular weight excluding hydrogens is 254 g/mol. The minimum absolute atomic E-state index is 0.0691. The fraction of sp³-hybridized carbons (Fsp3) is 0.867. The summed E-state index contributed by atoms with van der Waals surface area (Å²) in [5, 5.41) is 4.14. The lowest BCUT2D eigenvalue weighted by Gasteiger charge is -2.21. The van der Waals surface area contributed by atoms with Gasteiger partial charge in [0.25, 0.3) is 0 Å². The molecule has 2 aliphatic heterocycles. The predicted octanol–water partition coefficient (Wildman–Crippen LogP) is 2.41. The Morgan fingerprint density at radius 1 is 1.35 bits per heavy atom. The second-order valence-electron chi connectivity index (χ2n) is 7.49. The van der Waals surface area contributed by atoms with Crippen LogP contribution in [0.2, 0.25) is 0 Å². The van der Waals surface area contributed by atoms with Crippen molar-refractivity contribution in [3.8, 4) is 0 Å². The van der Waals surface area contributed by atoms with E-state index in [1.54, 1.807) is 0 Å². The van der Waals surface area contributed by atoms with Crippen molar-refractivity contribution in [2.45, 2.75) is 77.0 Å². The summed E-state index contributed by atoms with van der Waals surface area (Å²) in [6, 6.07) is 0.0691. The van der Waals surface area contributed by atoms with Gasteiger partial charge in [-0.25, -0.2) is 0 Å². The SMILES string of the molecule is CC(C)(C)CC(N)Cc1nc(C2CC3CCC2O3)no1. The topological polar surface area (TPSA) is 74.2 Å². The summed E-state index contributed by atoms with van der Waals surface area (Å²) in [6.07, 6.45) is 5.67. The summed E-state index contributed by atoms with van der Waals surface area (Å²) in [4.78, 5) is 4.54. The van der Waals surface area contributed by atoms with E-state index in [0.29, 0.717) is 30.4 Å². The van der Waals surface area contributed by atoms with Gasteiger partial charge in [-0.05, 0) is 31.1 Å². The van der Waals surface area contributed by atoms with Crippen molar-refractivity contribution in [3.05, 3.63) is 11.7 Å². The third-order valence-corrected chi connectivity index (χ3v) is 4.23. The Labute approximate surface area is 120 Å². The van der Waals surface area contributed by atoms with Crippen LogP contribution in [0.15, 0.2) is 4.52 Å². The monoisotopic (exact) mass is 279 g/mol. The van der Waals surface area contributed by atoms with Gasteiger partial charge in [-0.15, -0.1) is 0 Å². The van der Waals surface area contributed by atoms with Crippen LogP contribution in [0.3, 0.4) is 0 Å². The summed E-state index contributed by atoms with van der Waals surface area (Å²) in [5.74, 6) is 1.81. The normalized spacial score (nSPS) is 30.9. The number of rotatable bonds is 4. The Kier molecular flexibility index (Phi) is 3.58. The first-order valence-electron chi connectivity index (χ1n) is 7.64. The second-order valence-corrected chi connectivity index (χ2v) is 7.49. The van der Waals surface area contributed by atoms with Gasteiger partial charge in [0.2, 0.25) is 5.89 Å². The Balaban J connectivity index is 1.60. The van der Waals surface area contributed by atoms with E-state index in [9.17, 15) is 0 Å². The van der Waals surface area contributed by atoms with Crippen LogP contribution in [0.25, 0.3) is 0 Å². The molecule has 0 radical (unpaired) electrons. The molecule has 0 amide bonds. The zero-order valence-electron chi connectivity index (χ0n) is 12.6. The number of ether oxygens (including phenoxy) is 1. The molecule has 1 aromatic heterocycles. The molecule has 2 N–H and O–H groups in total. The standard InChI is InChI=1S/C15H25N3O2/c1-15(2,3)8-9(16)6-13-17-14(18-20-13)11-7-10-4-5-12(11)19-10/h9-12H,4-8,16H2,1-3H3. The van der Waals surface area contributed by atoms with E-state index in [1.165, 1.54) is 6.42 Å². The van der Waals surface area contributed by atoms with Crippen LogP contribution in [0.4, 0.5) is 0 Å². The van der Waals surface area contributed by atoms with Crippen LogP contribution in [0, 0.1) is 5.41 Å². The minimum atomic E-state index is 0.0691. The first-order valence-corrected chi connectivity index (χ1v) is 7.64. The molecule has 0 saturated carbocycles. The lowest BCUT2D eigenvalue weighted by molar-refractivity contribution is 0.0996. The molecule has 4 atom stereocenters. The first-order chi connectivity index (χ1) is 9.40. The second kappa shape index (κ2) is 5.11. The van der Waals surface area contributed by atoms with E-state index in [1.807, 2.05) is 0 Å². The van der Waals surface area contributed by atoms with Crippen molar-refractivity contribution < 1.29 is 9.26 Å². The lowest BCUT2D eigenvalue weighted by atomic mass is 9.87. The van der Waals surface area contributed by atoms with Crippen LogP contribution in [-0.4, -0.2) is 28.4 Å². The molecule has 0 aromatic carbocycles. The van der Waals surface area contributed by atoms with Crippen molar-refractivity contribution >= 4 is 0 Å². The molecule has 112 valence electrons. The average Bonchev–Trinajstić information content (AvgIpc) is 2.99. The van der Waals surface area contributed by atoms with Gasteiger partial charge in [0, 0.05) is 12.5 Å². The van der Waals surface area contributed by atoms with Gasteiger partial charge in [-0.2, -0.15) is 4.98 Å². The Bertz CT molecular complexity index is 466. The number of aromatic nitrogens is 2. The summed E-state index contributed by atoms with van der Waals surface area (Å²) >= 11 is 0. The summed E-state index contributed by atoms with van der Waals surface area (Å²) in [6.45, 7) is 6.58. The fourth-order valence-electron chi connectivity index (χ4n) is 3.49. The molecule has 4 unspecified atom stereocenters. The number of fused-ring (bicyclic) bond motifs is 2. The maximum atomic E-state index is 6.16. The molecule has 3 rings (SSSR count). The van der Waals surface area contributed by atoms with E-state index >= 15 is 0 Å². The van der Waals surface area contributed by atoms with Gasteiger partial charge in [0.1, 0.15) is 0 Å². The summed E-state index contributed by atoms with van der Waals surface area (Å²) < 4.78 is 11.2. The van der Waals surface area contributed by atoms with Crippen molar-refractivity contribution in [1.82, 2.24) is 10.1 Å². The van der Waals surface area contributed by atoms with Crippen LogP contribution < -0.4 is 5.73 Å². The van der Waals surface area contributed by atoms with Crippen LogP contribution >= 0.6 is 0 Å². The van der Waals surface area contributed by atoms with Crippen LogP contribution in [0.5, 0.6) is 0 Å². The molecule has 1 aromatic rings. The van der Waals surface area contributed by atoms with Gasteiger partial charge in [0.05, 0.1) is 18.1 Å². The van der Waals surface area contributed by atoms with Gasteiger partial charge in [-0.1, -0.05) is 25.9 Å². The molecule has 3 heterocycles. The highest BCUT2D eigenvalue weighted by molar-refractivity contribution is 5.07. The number of nitrogens with zero attached hydrogens (tertiary/aromatic N) is 2. The largest absolute Gasteiger partial charge is 0.374 e. The Morgan fingerprint density at radius 2 is 2.15 bits per heavy atom. The van der Waals surface area contributed by atoms with Crippen molar-refractivity contribution in [2.75, 3.05) is 0 Å². The van der Waals surface area contributed by atoms with E-state index in [-0.39, 0.29) is 11.5 Å². The maximum absolute atomic E-state index is 6.16. The van der Waals surface area contributed by atoms with E-state index < -0.39 is 0 Å². The lowest BCUT2D eigenvalue weighted by Crippen LogP contribution is -2.28. The average molecular weight is 279 g/mol. The molecule has 5 heteroatoms. The number of nitrogens with two attached hydrogens (primary N) is 1. The molecule has 2 aliphatic rings. The first kappa shape index (κ1) is 14.0. The highest BCUT2D eigenvalue weighted by atomic mass is 16.5. The highest BCUT2D eigenvalue weighted by Gasteiger charge is 2.43. The maximum Gasteiger partial charge on any atom is 0.228 e. The van der Waals surface area contributed by atoms with Crippen molar-refractivity contribution in [3.63, 3.8) is 0 Å². The molecule has 2 fully saturated rings. The van der Waals surface area contributed by atoms with Crippen LogP contribution in [-0.2, 0) is 11.2 Å². The molecule has 0 spiro atoms. The number of hydrogen-bond donors (Lipinski definition) is 1. The molecule has 20 heavy (non-hydrogen) atoms. The van der Waals surface area contributed by atoms with Gasteiger partial charge in [-0.3, -0.25) is 0 Å². The highest BCUT2D eigenvalue weighted by Crippen LogP contribution is 2.43. The van der Waals surface area contributed by atoms with Crippen molar-refractivity contribution in [1.29, 1.82) is 0 Å². The van der Waals surface area contributed by atoms with Gasteiger partial charge >= 0.3 is 0 Å². The minimum Gasteiger partial charge on any atom is -0.374 e. The molecular formula is C15H25N3O2. The van der Waals surface area contributed by atoms with Gasteiger partial charge < -0.3 is 15.0 Å². The molecule has 2 bridgehead atoms. The van der Waals surface area contributed by atoms with Crippen LogP contribution in [0.1, 0.15) is 64.1 Å². The quantitative estimate of drug-likeness (QED) is 0.916. The third kappa shape index (κ3) is 3.04.